The molecule has 0 aliphatic heterocycles. The molecule has 7 heteroatoms. The van der Waals surface area contributed by atoms with E-state index in [1.807, 2.05) is 37.3 Å². The molecule has 5 nitrogen and oxygen atoms in total. The van der Waals surface area contributed by atoms with Crippen LogP contribution < -0.4 is 11.1 Å². The Kier molecular flexibility index (Phi) is 6.43. The van der Waals surface area contributed by atoms with Gasteiger partial charge in [0.05, 0.1) is 11.4 Å². The highest BCUT2D eigenvalue weighted by Crippen LogP contribution is 2.27. The molecule has 0 radical (unpaired) electrons. The van der Waals surface area contributed by atoms with Gasteiger partial charge in [-0.1, -0.05) is 28.4 Å². The van der Waals surface area contributed by atoms with Crippen molar-refractivity contribution < 1.29 is 4.79 Å². The number of hydrogen-bond donors (Lipinski definition) is 2. The molecule has 1 heterocycles. The molecule has 3 N–H and O–H groups in total. The summed E-state index contributed by atoms with van der Waals surface area (Å²) in [4.78, 5) is 12.4. The van der Waals surface area contributed by atoms with E-state index in [1.165, 1.54) is 0 Å². The van der Waals surface area contributed by atoms with Crippen LogP contribution in [0.15, 0.2) is 34.8 Å². The molecule has 1 saturated carbocycles. The van der Waals surface area contributed by atoms with E-state index in [0.29, 0.717) is 18.2 Å². The predicted molar refractivity (Wildman–Crippen MR) is 102 cm³/mol. The summed E-state index contributed by atoms with van der Waals surface area (Å²) in [7, 11) is 0. The van der Waals surface area contributed by atoms with Crippen LogP contribution in [0.2, 0.25) is 0 Å². The van der Waals surface area contributed by atoms with Crippen molar-refractivity contribution >= 4 is 40.1 Å². The van der Waals surface area contributed by atoms with Gasteiger partial charge in [0.25, 0.3) is 0 Å². The van der Waals surface area contributed by atoms with Crippen molar-refractivity contribution in [3.05, 3.63) is 40.5 Å². The van der Waals surface area contributed by atoms with E-state index in [9.17, 15) is 4.79 Å². The van der Waals surface area contributed by atoms with E-state index in [2.05, 4.69) is 26.3 Å². The Labute approximate surface area is 156 Å². The Bertz CT molecular complexity index is 718. The second kappa shape index (κ2) is 8.14. The molecule has 24 heavy (non-hydrogen) atoms. The molecule has 0 saturated heterocycles. The fourth-order valence-corrected chi connectivity index (χ4v) is 3.53. The van der Waals surface area contributed by atoms with Gasteiger partial charge in [-0.2, -0.15) is 5.10 Å². The third-order valence-electron chi connectivity index (χ3n) is 4.32. The standard InChI is InChI=1S/C17H21BrN4O.ClH/c1-11-8-16(20-17(23)9-12-4-2-7-15(12)19)22(21-11)14-6-3-5-13(18)10-14;/h3,5-6,8,10,12,15H,2,4,7,9,19H2,1H3,(H,20,23);1H/t12-,15+;/m0./s1. The number of carbonyl (C=O) groups is 1. The number of benzene rings is 1. The van der Waals surface area contributed by atoms with E-state index in [-0.39, 0.29) is 24.4 Å². The molecule has 0 spiro atoms. The molecule has 1 aliphatic rings. The summed E-state index contributed by atoms with van der Waals surface area (Å²) in [5.74, 6) is 0.985. The molecule has 2 atom stereocenters. The zero-order valence-electron chi connectivity index (χ0n) is 13.5. The van der Waals surface area contributed by atoms with Crippen LogP contribution in [0.3, 0.4) is 0 Å². The highest BCUT2D eigenvalue weighted by Gasteiger charge is 2.26. The number of aromatic nitrogens is 2. The van der Waals surface area contributed by atoms with Crippen LogP contribution in [-0.2, 0) is 4.79 Å². The Hall–Kier alpha value is -1.37. The largest absolute Gasteiger partial charge is 0.327 e. The average molecular weight is 414 g/mol. The summed E-state index contributed by atoms with van der Waals surface area (Å²) in [6, 6.07) is 9.86. The van der Waals surface area contributed by atoms with Gasteiger partial charge in [-0.15, -0.1) is 12.4 Å². The molecule has 1 aromatic heterocycles. The zero-order chi connectivity index (χ0) is 16.4. The Morgan fingerprint density at radius 3 is 2.88 bits per heavy atom. The minimum absolute atomic E-state index is 0. The minimum Gasteiger partial charge on any atom is -0.327 e. The second-order valence-corrected chi connectivity index (χ2v) is 7.09. The molecule has 2 aromatic rings. The van der Waals surface area contributed by atoms with E-state index < -0.39 is 0 Å². The monoisotopic (exact) mass is 412 g/mol. The van der Waals surface area contributed by atoms with Gasteiger partial charge in [0.1, 0.15) is 5.82 Å². The van der Waals surface area contributed by atoms with Crippen LogP contribution >= 0.6 is 28.3 Å². The van der Waals surface area contributed by atoms with Crippen LogP contribution in [0.4, 0.5) is 5.82 Å². The number of aryl methyl sites for hydroxylation is 1. The number of halogens is 2. The maximum absolute atomic E-state index is 12.4. The highest BCUT2D eigenvalue weighted by molar-refractivity contribution is 9.10. The molecular weight excluding hydrogens is 392 g/mol. The van der Waals surface area contributed by atoms with Gasteiger partial charge in [0, 0.05) is 23.0 Å². The molecule has 3 rings (SSSR count). The molecule has 0 unspecified atom stereocenters. The van der Waals surface area contributed by atoms with Crippen molar-refractivity contribution in [1.29, 1.82) is 0 Å². The minimum atomic E-state index is 0. The van der Waals surface area contributed by atoms with Crippen LogP contribution in [0, 0.1) is 12.8 Å². The molecule has 130 valence electrons. The van der Waals surface area contributed by atoms with Crippen molar-refractivity contribution in [3.8, 4) is 5.69 Å². The van der Waals surface area contributed by atoms with E-state index in [4.69, 9.17) is 5.73 Å². The van der Waals surface area contributed by atoms with Gasteiger partial charge >= 0.3 is 0 Å². The summed E-state index contributed by atoms with van der Waals surface area (Å²) in [5, 5.41) is 7.47. The zero-order valence-corrected chi connectivity index (χ0v) is 15.9. The second-order valence-electron chi connectivity index (χ2n) is 6.17. The first-order chi connectivity index (χ1) is 11.0. The van der Waals surface area contributed by atoms with E-state index in [1.54, 1.807) is 4.68 Å². The van der Waals surface area contributed by atoms with Crippen LogP contribution in [0.5, 0.6) is 0 Å². The number of hydrogen-bond acceptors (Lipinski definition) is 3. The molecule has 1 amide bonds. The summed E-state index contributed by atoms with van der Waals surface area (Å²) >= 11 is 3.46. The van der Waals surface area contributed by atoms with E-state index in [0.717, 1.165) is 35.1 Å². The van der Waals surface area contributed by atoms with Crippen molar-refractivity contribution in [1.82, 2.24) is 9.78 Å². The predicted octanol–water partition coefficient (Wildman–Crippen LogP) is 3.82. The number of nitrogens with two attached hydrogens (primary N) is 1. The highest BCUT2D eigenvalue weighted by atomic mass is 79.9. The molecular formula is C17H22BrClN4O. The van der Waals surface area contributed by atoms with Crippen LogP contribution in [-0.4, -0.2) is 21.7 Å². The molecule has 1 aromatic carbocycles. The third kappa shape index (κ3) is 4.37. The van der Waals surface area contributed by atoms with E-state index >= 15 is 0 Å². The summed E-state index contributed by atoms with van der Waals surface area (Å²) in [5.41, 5.74) is 7.82. The number of nitrogens with one attached hydrogen (secondary N) is 1. The Balaban J connectivity index is 0.00000208. The number of carbonyl (C=O) groups excluding carboxylic acids is 1. The first-order valence-electron chi connectivity index (χ1n) is 7.91. The van der Waals surface area contributed by atoms with Crippen molar-refractivity contribution in [2.75, 3.05) is 5.32 Å². The maximum Gasteiger partial charge on any atom is 0.225 e. The fourth-order valence-electron chi connectivity index (χ4n) is 3.14. The Morgan fingerprint density at radius 1 is 1.42 bits per heavy atom. The van der Waals surface area contributed by atoms with Crippen molar-refractivity contribution in [3.63, 3.8) is 0 Å². The maximum atomic E-state index is 12.4. The number of anilines is 1. The van der Waals surface area contributed by atoms with Gasteiger partial charge in [0.2, 0.25) is 5.91 Å². The van der Waals surface area contributed by atoms with Gasteiger partial charge in [0.15, 0.2) is 0 Å². The topological polar surface area (TPSA) is 72.9 Å². The Morgan fingerprint density at radius 2 is 2.21 bits per heavy atom. The SMILES string of the molecule is Cc1cc(NC(=O)C[C@@H]2CCC[C@H]2N)n(-c2cccc(Br)c2)n1.Cl. The third-order valence-corrected chi connectivity index (χ3v) is 4.81. The van der Waals surface area contributed by atoms with Gasteiger partial charge < -0.3 is 11.1 Å². The lowest BCUT2D eigenvalue weighted by atomic mass is 10.00. The molecule has 1 fully saturated rings. The van der Waals surface area contributed by atoms with Crippen LogP contribution in [0.25, 0.3) is 5.69 Å². The number of nitrogens with zero attached hydrogens (tertiary/aromatic N) is 2. The lowest BCUT2D eigenvalue weighted by Crippen LogP contribution is -2.28. The number of rotatable bonds is 4. The van der Waals surface area contributed by atoms with Crippen molar-refractivity contribution in [2.45, 2.75) is 38.6 Å². The molecule has 0 bridgehead atoms. The number of amides is 1. The quantitative estimate of drug-likeness (QED) is 0.800. The smallest absolute Gasteiger partial charge is 0.225 e. The van der Waals surface area contributed by atoms with Gasteiger partial charge in [-0.3, -0.25) is 4.79 Å². The first kappa shape index (κ1) is 19.0. The lowest BCUT2D eigenvalue weighted by molar-refractivity contribution is -0.117. The lowest BCUT2D eigenvalue weighted by Gasteiger charge is -2.15. The van der Waals surface area contributed by atoms with Crippen LogP contribution in [0.1, 0.15) is 31.4 Å². The van der Waals surface area contributed by atoms with Gasteiger partial charge in [-0.05, 0) is 43.9 Å². The molecule has 1 aliphatic carbocycles. The van der Waals surface area contributed by atoms with Gasteiger partial charge in [-0.25, -0.2) is 4.68 Å². The summed E-state index contributed by atoms with van der Waals surface area (Å²) in [6.07, 6.45) is 3.66. The normalized spacial score (nSPS) is 19.8. The first-order valence-corrected chi connectivity index (χ1v) is 8.70. The van der Waals surface area contributed by atoms with Crippen molar-refractivity contribution in [2.24, 2.45) is 11.7 Å². The fraction of sp³-hybridized carbons (Fsp3) is 0.412. The summed E-state index contributed by atoms with van der Waals surface area (Å²) < 4.78 is 2.73. The summed E-state index contributed by atoms with van der Waals surface area (Å²) in [6.45, 7) is 1.91. The average Bonchev–Trinajstić information content (AvgIpc) is 3.05.